The minimum Gasteiger partial charge on any atom is -0.337 e. The van der Waals surface area contributed by atoms with E-state index in [0.29, 0.717) is 4.77 Å². The Bertz CT molecular complexity index is 570. The lowest BCUT2D eigenvalue weighted by molar-refractivity contribution is 0.555. The molecule has 2 aromatic rings. The Hall–Kier alpha value is -1.42. The fraction of sp³-hybridized carbons (Fsp3) is 0.385. The molecule has 0 saturated heterocycles. The van der Waals surface area contributed by atoms with Gasteiger partial charge in [0, 0.05) is 23.0 Å². The van der Waals surface area contributed by atoms with Gasteiger partial charge in [0.15, 0.2) is 4.77 Å². The van der Waals surface area contributed by atoms with Crippen LogP contribution in [0.2, 0.25) is 0 Å². The lowest BCUT2D eigenvalue weighted by Gasteiger charge is -2.20. The molecule has 0 amide bonds. The molecule has 2 rings (SSSR count). The second kappa shape index (κ2) is 4.11. The molecular formula is C13H17N3S. The molecule has 3 nitrogen and oxygen atoms in total. The number of nitrogens with one attached hydrogen (secondary N) is 1. The van der Waals surface area contributed by atoms with E-state index in [1.807, 2.05) is 36.0 Å². The molecule has 4 heteroatoms. The monoisotopic (exact) mass is 247 g/mol. The number of nitrogens with zero attached hydrogens (tertiary/aromatic N) is 2. The Kier molecular flexibility index (Phi) is 2.91. The average Bonchev–Trinajstić information content (AvgIpc) is 2.61. The maximum Gasteiger partial charge on any atom is 0.182 e. The summed E-state index contributed by atoms with van der Waals surface area (Å²) in [6.45, 7) is 8.49. The van der Waals surface area contributed by atoms with Crippen molar-refractivity contribution in [2.24, 2.45) is 0 Å². The Morgan fingerprint density at radius 3 is 2.53 bits per heavy atom. The van der Waals surface area contributed by atoms with Crippen molar-refractivity contribution in [2.45, 2.75) is 33.1 Å². The summed E-state index contributed by atoms with van der Waals surface area (Å²) in [7, 11) is 0. The van der Waals surface area contributed by atoms with Crippen molar-refractivity contribution in [3.63, 3.8) is 0 Å². The van der Waals surface area contributed by atoms with Gasteiger partial charge in [-0.05, 0) is 31.3 Å². The third-order valence-electron chi connectivity index (χ3n) is 2.70. The minimum atomic E-state index is 0.0401. The van der Waals surface area contributed by atoms with E-state index in [2.05, 4.69) is 30.7 Å². The molecule has 0 fully saturated rings. The number of hydrogen-bond donors (Lipinski definition) is 1. The molecule has 17 heavy (non-hydrogen) atoms. The molecule has 0 aliphatic rings. The average molecular weight is 247 g/mol. The van der Waals surface area contributed by atoms with Crippen LogP contribution in [0.25, 0.3) is 5.69 Å². The zero-order valence-corrected chi connectivity index (χ0v) is 11.4. The van der Waals surface area contributed by atoms with Crippen LogP contribution in [0, 0.1) is 11.7 Å². The number of aryl methyl sites for hydroxylation is 1. The van der Waals surface area contributed by atoms with Gasteiger partial charge >= 0.3 is 0 Å². The first-order valence-corrected chi connectivity index (χ1v) is 6.04. The van der Waals surface area contributed by atoms with Gasteiger partial charge in [0.2, 0.25) is 0 Å². The van der Waals surface area contributed by atoms with Crippen molar-refractivity contribution in [1.82, 2.24) is 14.5 Å². The number of aromatic nitrogens is 3. The van der Waals surface area contributed by atoms with Gasteiger partial charge in [-0.2, -0.15) is 0 Å². The molecule has 0 aliphatic carbocycles. The second-order valence-electron chi connectivity index (χ2n) is 5.22. The highest BCUT2D eigenvalue weighted by Gasteiger charge is 2.20. The van der Waals surface area contributed by atoms with E-state index in [9.17, 15) is 0 Å². The number of aromatic amines is 1. The summed E-state index contributed by atoms with van der Waals surface area (Å²) >= 11 is 5.34. The molecule has 2 aromatic heterocycles. The van der Waals surface area contributed by atoms with Gasteiger partial charge in [-0.3, -0.25) is 9.55 Å². The van der Waals surface area contributed by atoms with Crippen molar-refractivity contribution in [3.8, 4) is 5.69 Å². The number of imidazole rings is 1. The first-order valence-electron chi connectivity index (χ1n) is 5.63. The summed E-state index contributed by atoms with van der Waals surface area (Å²) in [6, 6.07) is 4.04. The van der Waals surface area contributed by atoms with E-state index in [4.69, 9.17) is 12.2 Å². The third-order valence-corrected chi connectivity index (χ3v) is 3.00. The van der Waals surface area contributed by atoms with E-state index < -0.39 is 0 Å². The zero-order valence-electron chi connectivity index (χ0n) is 10.6. The van der Waals surface area contributed by atoms with Crippen molar-refractivity contribution in [3.05, 3.63) is 40.7 Å². The quantitative estimate of drug-likeness (QED) is 0.782. The van der Waals surface area contributed by atoms with Crippen LogP contribution in [0.1, 0.15) is 32.2 Å². The second-order valence-corrected chi connectivity index (χ2v) is 5.61. The highest BCUT2D eigenvalue weighted by Crippen LogP contribution is 2.25. The minimum absolute atomic E-state index is 0.0401. The summed E-state index contributed by atoms with van der Waals surface area (Å²) in [4.78, 5) is 7.43. The molecular weight excluding hydrogens is 230 g/mol. The molecule has 0 atom stereocenters. The highest BCUT2D eigenvalue weighted by molar-refractivity contribution is 7.71. The van der Waals surface area contributed by atoms with E-state index in [1.165, 1.54) is 0 Å². The Morgan fingerprint density at radius 2 is 2.00 bits per heavy atom. The molecule has 0 bridgehead atoms. The molecule has 0 unspecified atom stereocenters. The third kappa shape index (κ3) is 2.31. The molecule has 0 aliphatic heterocycles. The first kappa shape index (κ1) is 12.0. The number of hydrogen-bond acceptors (Lipinski definition) is 2. The van der Waals surface area contributed by atoms with Crippen LogP contribution in [0.4, 0.5) is 0 Å². The Morgan fingerprint density at radius 1 is 1.29 bits per heavy atom. The van der Waals surface area contributed by atoms with E-state index >= 15 is 0 Å². The van der Waals surface area contributed by atoms with Crippen LogP contribution in [0.15, 0.2) is 24.5 Å². The molecule has 90 valence electrons. The summed E-state index contributed by atoms with van der Waals surface area (Å²) in [5.74, 6) is 0. The van der Waals surface area contributed by atoms with Gasteiger partial charge < -0.3 is 4.98 Å². The fourth-order valence-corrected chi connectivity index (χ4v) is 2.03. The van der Waals surface area contributed by atoms with Gasteiger partial charge in [-0.1, -0.05) is 20.8 Å². The maximum atomic E-state index is 5.34. The maximum absolute atomic E-state index is 5.34. The first-order chi connectivity index (χ1) is 7.89. The summed E-state index contributed by atoms with van der Waals surface area (Å²) in [5.41, 5.74) is 3.21. The van der Waals surface area contributed by atoms with Crippen molar-refractivity contribution >= 4 is 12.2 Å². The summed E-state index contributed by atoms with van der Waals surface area (Å²) in [6.07, 6.45) is 3.83. The molecule has 0 aromatic carbocycles. The fourth-order valence-electron chi connectivity index (χ4n) is 1.77. The van der Waals surface area contributed by atoms with Gasteiger partial charge in [0.1, 0.15) is 0 Å². The smallest absolute Gasteiger partial charge is 0.182 e. The number of H-pyrrole nitrogens is 1. The lowest BCUT2D eigenvalue weighted by atomic mass is 9.92. The van der Waals surface area contributed by atoms with Crippen molar-refractivity contribution in [1.29, 1.82) is 0 Å². The van der Waals surface area contributed by atoms with Gasteiger partial charge in [0.05, 0.1) is 11.9 Å². The van der Waals surface area contributed by atoms with Gasteiger partial charge in [-0.25, -0.2) is 0 Å². The highest BCUT2D eigenvalue weighted by atomic mass is 32.1. The van der Waals surface area contributed by atoms with Gasteiger partial charge in [0.25, 0.3) is 0 Å². The Balaban J connectivity index is 2.63. The number of rotatable bonds is 1. The standard InChI is InChI=1S/C13H17N3S/c1-9-5-6-10(7-14-9)16-11(13(2,3)4)8-15-12(16)17/h5-8H,1-4H3,(H,15,17). The Labute approximate surface area is 107 Å². The summed E-state index contributed by atoms with van der Waals surface area (Å²) in [5, 5.41) is 0. The SMILES string of the molecule is Cc1ccc(-n2c(C(C)(C)C)c[nH]c2=S)cn1. The van der Waals surface area contributed by atoms with Crippen LogP contribution >= 0.6 is 12.2 Å². The molecule has 0 radical (unpaired) electrons. The molecule has 0 spiro atoms. The van der Waals surface area contributed by atoms with Crippen LogP contribution in [-0.4, -0.2) is 14.5 Å². The summed E-state index contributed by atoms with van der Waals surface area (Å²) < 4.78 is 2.75. The molecule has 2 heterocycles. The van der Waals surface area contributed by atoms with Crippen LogP contribution in [-0.2, 0) is 5.41 Å². The lowest BCUT2D eigenvalue weighted by Crippen LogP contribution is -2.16. The largest absolute Gasteiger partial charge is 0.337 e. The van der Waals surface area contributed by atoms with Crippen LogP contribution in [0.5, 0.6) is 0 Å². The number of pyridine rings is 1. The topological polar surface area (TPSA) is 33.6 Å². The normalized spacial score (nSPS) is 11.8. The van der Waals surface area contributed by atoms with Crippen LogP contribution in [0.3, 0.4) is 0 Å². The van der Waals surface area contributed by atoms with Crippen molar-refractivity contribution in [2.75, 3.05) is 0 Å². The predicted molar refractivity (Wildman–Crippen MR) is 72.2 cm³/mol. The van der Waals surface area contributed by atoms with E-state index in [0.717, 1.165) is 17.1 Å². The zero-order chi connectivity index (χ0) is 12.6. The van der Waals surface area contributed by atoms with E-state index in [-0.39, 0.29) is 5.41 Å². The predicted octanol–water partition coefficient (Wildman–Crippen LogP) is 3.54. The molecule has 1 N–H and O–H groups in total. The molecule has 0 saturated carbocycles. The van der Waals surface area contributed by atoms with Gasteiger partial charge in [-0.15, -0.1) is 0 Å². The van der Waals surface area contributed by atoms with Crippen molar-refractivity contribution < 1.29 is 0 Å². The van der Waals surface area contributed by atoms with Crippen LogP contribution < -0.4 is 0 Å². The van der Waals surface area contributed by atoms with E-state index in [1.54, 1.807) is 0 Å².